The highest BCUT2D eigenvalue weighted by Gasteiger charge is 2.11. The van der Waals surface area contributed by atoms with Crippen LogP contribution in [0.15, 0.2) is 72.8 Å². The van der Waals surface area contributed by atoms with E-state index in [2.05, 4.69) is 10.6 Å². The van der Waals surface area contributed by atoms with Crippen LogP contribution in [0, 0.1) is 10.1 Å². The predicted octanol–water partition coefficient (Wildman–Crippen LogP) is 5.68. The summed E-state index contributed by atoms with van der Waals surface area (Å²) in [6.45, 7) is 0. The van der Waals surface area contributed by atoms with Gasteiger partial charge in [0.15, 0.2) is 5.75 Å². The Labute approximate surface area is 159 Å². The molecule has 2 N–H and O–H groups in total. The van der Waals surface area contributed by atoms with Crippen molar-refractivity contribution >= 4 is 34.7 Å². The molecule has 27 heavy (non-hydrogen) atoms. The van der Waals surface area contributed by atoms with Crippen LogP contribution in [-0.4, -0.2) is 11.0 Å². The maximum atomic E-state index is 12.2. The molecule has 8 heteroatoms. The lowest BCUT2D eigenvalue weighted by Crippen LogP contribution is -2.19. The first-order valence-electron chi connectivity index (χ1n) is 7.87. The second kappa shape index (κ2) is 8.20. The molecule has 0 atom stereocenters. The number of nitrogens with one attached hydrogen (secondary N) is 2. The largest absolute Gasteiger partial charge is 0.455 e. The Morgan fingerprint density at radius 1 is 0.889 bits per heavy atom. The van der Waals surface area contributed by atoms with E-state index in [1.54, 1.807) is 48.5 Å². The van der Waals surface area contributed by atoms with Gasteiger partial charge in [-0.05, 0) is 36.4 Å². The summed E-state index contributed by atoms with van der Waals surface area (Å²) in [6, 6.07) is 18.9. The summed E-state index contributed by atoms with van der Waals surface area (Å²) in [5.41, 5.74) is 0.874. The van der Waals surface area contributed by atoms with E-state index in [0.29, 0.717) is 27.9 Å². The van der Waals surface area contributed by atoms with Gasteiger partial charge in [0, 0.05) is 12.1 Å². The van der Waals surface area contributed by atoms with Crippen LogP contribution in [0.2, 0.25) is 5.02 Å². The first-order valence-corrected chi connectivity index (χ1v) is 8.24. The van der Waals surface area contributed by atoms with Gasteiger partial charge >= 0.3 is 6.03 Å². The van der Waals surface area contributed by atoms with Gasteiger partial charge in [0.2, 0.25) is 0 Å². The monoisotopic (exact) mass is 383 g/mol. The van der Waals surface area contributed by atoms with E-state index in [0.717, 1.165) is 0 Å². The molecule has 0 saturated heterocycles. The quantitative estimate of drug-likeness (QED) is 0.437. The van der Waals surface area contributed by atoms with Gasteiger partial charge in [-0.3, -0.25) is 10.1 Å². The third-order valence-corrected chi connectivity index (χ3v) is 3.86. The molecule has 0 aliphatic rings. The maximum absolute atomic E-state index is 12.2. The van der Waals surface area contributed by atoms with Crippen molar-refractivity contribution in [3.8, 4) is 11.5 Å². The zero-order valence-corrected chi connectivity index (χ0v) is 14.6. The molecule has 136 valence electrons. The molecule has 3 aromatic carbocycles. The van der Waals surface area contributed by atoms with Gasteiger partial charge in [0.05, 0.1) is 21.3 Å². The second-order valence-electron chi connectivity index (χ2n) is 5.41. The van der Waals surface area contributed by atoms with Gasteiger partial charge in [-0.2, -0.15) is 0 Å². The standard InChI is InChI=1S/C19H14ClN3O4/c20-15-5-1-2-6-16(15)21-19(24)22-17-7-3-4-8-18(17)27-14-11-9-13(10-12-14)23(25)26/h1-12H,(H2,21,22,24). The van der Waals surface area contributed by atoms with Crippen LogP contribution in [0.3, 0.4) is 0 Å². The molecule has 0 spiro atoms. The van der Waals surface area contributed by atoms with Crippen LogP contribution in [0.1, 0.15) is 0 Å². The molecule has 7 nitrogen and oxygen atoms in total. The molecule has 3 aromatic rings. The summed E-state index contributed by atoms with van der Waals surface area (Å²) in [6.07, 6.45) is 0. The molecule has 0 saturated carbocycles. The van der Waals surface area contributed by atoms with Gasteiger partial charge in [0.1, 0.15) is 5.75 Å². The summed E-state index contributed by atoms with van der Waals surface area (Å²) >= 11 is 6.03. The molecule has 0 aliphatic carbocycles. The Hall–Kier alpha value is -3.58. The molecular formula is C19H14ClN3O4. The topological polar surface area (TPSA) is 93.5 Å². The molecule has 3 rings (SSSR count). The van der Waals surface area contributed by atoms with Gasteiger partial charge in [0.25, 0.3) is 5.69 Å². The van der Waals surface area contributed by atoms with Crippen LogP contribution in [-0.2, 0) is 0 Å². The van der Waals surface area contributed by atoms with Crippen molar-refractivity contribution in [2.24, 2.45) is 0 Å². The fourth-order valence-electron chi connectivity index (χ4n) is 2.26. The van der Waals surface area contributed by atoms with Crippen molar-refractivity contribution in [2.45, 2.75) is 0 Å². The zero-order chi connectivity index (χ0) is 19.2. The maximum Gasteiger partial charge on any atom is 0.323 e. The van der Waals surface area contributed by atoms with Crippen molar-refractivity contribution in [3.63, 3.8) is 0 Å². The van der Waals surface area contributed by atoms with E-state index < -0.39 is 11.0 Å². The highest BCUT2D eigenvalue weighted by molar-refractivity contribution is 6.33. The Balaban J connectivity index is 1.73. The number of ether oxygens (including phenoxy) is 1. The minimum atomic E-state index is -0.488. The minimum absolute atomic E-state index is 0.0344. The Morgan fingerprint density at radius 2 is 1.48 bits per heavy atom. The van der Waals surface area contributed by atoms with Crippen molar-refractivity contribution in [3.05, 3.63) is 87.9 Å². The van der Waals surface area contributed by atoms with Crippen LogP contribution in [0.25, 0.3) is 0 Å². The van der Waals surface area contributed by atoms with Gasteiger partial charge in [-0.15, -0.1) is 0 Å². The fraction of sp³-hybridized carbons (Fsp3) is 0. The number of carbonyl (C=O) groups excluding carboxylic acids is 1. The number of para-hydroxylation sites is 3. The third kappa shape index (κ3) is 4.74. The van der Waals surface area contributed by atoms with Crippen LogP contribution in [0.4, 0.5) is 21.9 Å². The molecule has 0 heterocycles. The number of nitro benzene ring substituents is 1. The molecule has 2 amide bonds. The minimum Gasteiger partial charge on any atom is -0.455 e. The molecule has 0 aliphatic heterocycles. The van der Waals surface area contributed by atoms with E-state index in [1.807, 2.05) is 0 Å². The summed E-state index contributed by atoms with van der Waals surface area (Å²) in [5.74, 6) is 0.794. The van der Waals surface area contributed by atoms with E-state index in [-0.39, 0.29) is 5.69 Å². The van der Waals surface area contributed by atoms with E-state index in [1.165, 1.54) is 24.3 Å². The molecule has 0 bridgehead atoms. The Kier molecular flexibility index (Phi) is 5.53. The molecular weight excluding hydrogens is 370 g/mol. The van der Waals surface area contributed by atoms with Crippen LogP contribution < -0.4 is 15.4 Å². The van der Waals surface area contributed by atoms with Crippen LogP contribution >= 0.6 is 11.6 Å². The summed E-state index contributed by atoms with van der Waals surface area (Å²) in [7, 11) is 0. The summed E-state index contributed by atoms with van der Waals surface area (Å²) < 4.78 is 5.73. The fourth-order valence-corrected chi connectivity index (χ4v) is 2.44. The Morgan fingerprint density at radius 3 is 2.15 bits per heavy atom. The number of benzene rings is 3. The molecule has 0 unspecified atom stereocenters. The number of hydrogen-bond acceptors (Lipinski definition) is 4. The molecule has 0 radical (unpaired) electrons. The van der Waals surface area contributed by atoms with E-state index in [4.69, 9.17) is 16.3 Å². The lowest BCUT2D eigenvalue weighted by molar-refractivity contribution is -0.384. The number of carbonyl (C=O) groups is 1. The molecule has 0 aromatic heterocycles. The lowest BCUT2D eigenvalue weighted by atomic mass is 10.2. The van der Waals surface area contributed by atoms with Crippen molar-refractivity contribution in [1.82, 2.24) is 0 Å². The number of rotatable bonds is 5. The molecule has 0 fully saturated rings. The van der Waals surface area contributed by atoms with Crippen molar-refractivity contribution < 1.29 is 14.5 Å². The normalized spacial score (nSPS) is 10.1. The average Bonchev–Trinajstić information content (AvgIpc) is 2.66. The zero-order valence-electron chi connectivity index (χ0n) is 13.9. The number of nitro groups is 1. The summed E-state index contributed by atoms with van der Waals surface area (Å²) in [4.78, 5) is 22.5. The second-order valence-corrected chi connectivity index (χ2v) is 5.82. The summed E-state index contributed by atoms with van der Waals surface area (Å²) in [5, 5.41) is 16.5. The number of halogens is 1. The highest BCUT2D eigenvalue weighted by Crippen LogP contribution is 2.30. The van der Waals surface area contributed by atoms with E-state index in [9.17, 15) is 14.9 Å². The van der Waals surface area contributed by atoms with Gasteiger partial charge in [-0.1, -0.05) is 35.9 Å². The van der Waals surface area contributed by atoms with E-state index >= 15 is 0 Å². The first-order chi connectivity index (χ1) is 13.0. The third-order valence-electron chi connectivity index (χ3n) is 3.53. The van der Waals surface area contributed by atoms with Gasteiger partial charge < -0.3 is 15.4 Å². The average molecular weight is 384 g/mol. The highest BCUT2D eigenvalue weighted by atomic mass is 35.5. The lowest BCUT2D eigenvalue weighted by Gasteiger charge is -2.13. The van der Waals surface area contributed by atoms with Crippen molar-refractivity contribution in [1.29, 1.82) is 0 Å². The SMILES string of the molecule is O=C(Nc1ccccc1Cl)Nc1ccccc1Oc1ccc([N+](=O)[O-])cc1. The number of amides is 2. The van der Waals surface area contributed by atoms with Crippen molar-refractivity contribution in [2.75, 3.05) is 10.6 Å². The number of anilines is 2. The van der Waals surface area contributed by atoms with Gasteiger partial charge in [-0.25, -0.2) is 4.79 Å². The number of non-ortho nitro benzene ring substituents is 1. The number of urea groups is 1. The number of nitrogens with zero attached hydrogens (tertiary/aromatic N) is 1. The van der Waals surface area contributed by atoms with Crippen LogP contribution in [0.5, 0.6) is 11.5 Å². The smallest absolute Gasteiger partial charge is 0.323 e. The Bertz CT molecular complexity index is 977. The first kappa shape index (κ1) is 18.2. The number of hydrogen-bond donors (Lipinski definition) is 2. The predicted molar refractivity (Wildman–Crippen MR) is 104 cm³/mol.